The van der Waals surface area contributed by atoms with Gasteiger partial charge in [-0.25, -0.2) is 9.97 Å². The molecule has 21 heavy (non-hydrogen) atoms. The summed E-state index contributed by atoms with van der Waals surface area (Å²) in [7, 11) is 1.72. The lowest BCUT2D eigenvalue weighted by molar-refractivity contribution is 0.414. The van der Waals surface area contributed by atoms with Gasteiger partial charge in [-0.15, -0.1) is 0 Å². The quantitative estimate of drug-likeness (QED) is 0.879. The van der Waals surface area contributed by atoms with Crippen LogP contribution in [0.25, 0.3) is 0 Å². The Morgan fingerprint density at radius 2 is 2.14 bits per heavy atom. The topological polar surface area (TPSA) is 47.0 Å². The molecule has 0 fully saturated rings. The average molecular weight is 283 g/mol. The molecule has 1 N–H and O–H groups in total. The predicted molar refractivity (Wildman–Crippen MR) is 83.8 cm³/mol. The Hall–Kier alpha value is -2.10. The fourth-order valence-corrected chi connectivity index (χ4v) is 2.94. The van der Waals surface area contributed by atoms with Crippen LogP contribution in [0.15, 0.2) is 30.5 Å². The molecule has 4 nitrogen and oxygen atoms in total. The van der Waals surface area contributed by atoms with E-state index in [4.69, 9.17) is 4.74 Å². The molecule has 0 spiro atoms. The zero-order chi connectivity index (χ0) is 14.7. The third-order valence-corrected chi connectivity index (χ3v) is 4.01. The summed E-state index contributed by atoms with van der Waals surface area (Å²) >= 11 is 0. The van der Waals surface area contributed by atoms with Crippen LogP contribution in [0.2, 0.25) is 0 Å². The number of nitrogens with one attached hydrogen (secondary N) is 1. The number of ether oxygens (including phenoxy) is 1. The van der Waals surface area contributed by atoms with E-state index in [1.54, 1.807) is 13.3 Å². The number of benzene rings is 1. The monoisotopic (exact) mass is 283 g/mol. The Balaban J connectivity index is 1.78. The zero-order valence-electron chi connectivity index (χ0n) is 12.6. The Morgan fingerprint density at radius 1 is 1.24 bits per heavy atom. The molecule has 1 aliphatic carbocycles. The minimum atomic E-state index is 0.410. The fourth-order valence-electron chi connectivity index (χ4n) is 2.94. The zero-order valence-corrected chi connectivity index (χ0v) is 12.6. The van der Waals surface area contributed by atoms with E-state index in [0.29, 0.717) is 6.04 Å². The van der Waals surface area contributed by atoms with E-state index in [2.05, 4.69) is 33.5 Å². The highest BCUT2D eigenvalue weighted by molar-refractivity contribution is 5.40. The maximum absolute atomic E-state index is 5.35. The molecule has 0 saturated carbocycles. The highest BCUT2D eigenvalue weighted by atomic mass is 16.5. The van der Waals surface area contributed by atoms with E-state index in [-0.39, 0.29) is 0 Å². The van der Waals surface area contributed by atoms with Gasteiger partial charge in [-0.1, -0.05) is 6.07 Å². The van der Waals surface area contributed by atoms with Crippen molar-refractivity contribution in [1.29, 1.82) is 0 Å². The Labute approximate surface area is 125 Å². The molecule has 2 aromatic rings. The van der Waals surface area contributed by atoms with E-state index < -0.39 is 0 Å². The van der Waals surface area contributed by atoms with Crippen molar-refractivity contribution in [3.05, 3.63) is 47.4 Å². The fraction of sp³-hybridized carbons (Fsp3) is 0.412. The third kappa shape index (κ3) is 3.32. The number of fused-ring (bicyclic) bond motifs is 1. The van der Waals surface area contributed by atoms with Crippen LogP contribution in [0.3, 0.4) is 0 Å². The first-order valence-electron chi connectivity index (χ1n) is 7.46. The van der Waals surface area contributed by atoms with Gasteiger partial charge in [0.2, 0.25) is 0 Å². The summed E-state index contributed by atoms with van der Waals surface area (Å²) in [4.78, 5) is 8.58. The number of aryl methyl sites for hydroxylation is 2. The van der Waals surface area contributed by atoms with E-state index in [0.717, 1.165) is 36.7 Å². The first kappa shape index (κ1) is 13.9. The van der Waals surface area contributed by atoms with Crippen molar-refractivity contribution in [1.82, 2.24) is 9.97 Å². The molecule has 1 aromatic heterocycles. The van der Waals surface area contributed by atoms with Crippen molar-refractivity contribution in [3.63, 3.8) is 0 Å². The maximum atomic E-state index is 5.35. The molecular weight excluding hydrogens is 262 g/mol. The third-order valence-electron chi connectivity index (χ3n) is 4.01. The van der Waals surface area contributed by atoms with Crippen LogP contribution in [0.1, 0.15) is 29.8 Å². The highest BCUT2D eigenvalue weighted by Gasteiger charge is 2.17. The van der Waals surface area contributed by atoms with Crippen LogP contribution in [-0.4, -0.2) is 23.1 Å². The number of methoxy groups -OCH3 is 1. The molecular formula is C17H21N3O. The molecule has 1 unspecified atom stereocenters. The van der Waals surface area contributed by atoms with Gasteiger partial charge in [-0.3, -0.25) is 0 Å². The predicted octanol–water partition coefficient (Wildman–Crippen LogP) is 3.15. The molecule has 0 radical (unpaired) electrons. The normalized spacial score (nSPS) is 17.7. The van der Waals surface area contributed by atoms with Gasteiger partial charge in [0.1, 0.15) is 17.4 Å². The SMILES string of the molecule is COc1ccc2c(c1)CC(Nc1ccnc(C)n1)CCC2. The molecule has 110 valence electrons. The molecule has 3 rings (SSSR count). The molecule has 1 aliphatic rings. The van der Waals surface area contributed by atoms with Gasteiger partial charge < -0.3 is 10.1 Å². The Morgan fingerprint density at radius 3 is 2.95 bits per heavy atom. The highest BCUT2D eigenvalue weighted by Crippen LogP contribution is 2.26. The van der Waals surface area contributed by atoms with Crippen LogP contribution in [-0.2, 0) is 12.8 Å². The minimum absolute atomic E-state index is 0.410. The van der Waals surface area contributed by atoms with E-state index in [1.807, 2.05) is 13.0 Å². The number of rotatable bonds is 3. The lowest BCUT2D eigenvalue weighted by Crippen LogP contribution is -2.22. The van der Waals surface area contributed by atoms with E-state index in [1.165, 1.54) is 17.5 Å². The summed E-state index contributed by atoms with van der Waals surface area (Å²) < 4.78 is 5.35. The van der Waals surface area contributed by atoms with Crippen molar-refractivity contribution in [3.8, 4) is 5.75 Å². The molecule has 1 aromatic carbocycles. The molecule has 0 aliphatic heterocycles. The number of anilines is 1. The van der Waals surface area contributed by atoms with Crippen LogP contribution in [0.4, 0.5) is 5.82 Å². The Bertz CT molecular complexity index is 627. The summed E-state index contributed by atoms with van der Waals surface area (Å²) in [6, 6.07) is 8.77. The second-order valence-electron chi connectivity index (χ2n) is 5.56. The second kappa shape index (κ2) is 6.12. The van der Waals surface area contributed by atoms with E-state index >= 15 is 0 Å². The van der Waals surface area contributed by atoms with Crippen LogP contribution >= 0.6 is 0 Å². The number of nitrogens with zero attached hydrogens (tertiary/aromatic N) is 2. The summed E-state index contributed by atoms with van der Waals surface area (Å²) in [5, 5.41) is 3.55. The molecule has 1 heterocycles. The summed E-state index contributed by atoms with van der Waals surface area (Å²) in [5.74, 6) is 2.65. The molecule has 0 amide bonds. The van der Waals surface area contributed by atoms with Crippen LogP contribution in [0, 0.1) is 6.92 Å². The molecule has 0 saturated heterocycles. The first-order chi connectivity index (χ1) is 10.2. The summed E-state index contributed by atoms with van der Waals surface area (Å²) in [6.07, 6.45) is 6.30. The number of aromatic nitrogens is 2. The minimum Gasteiger partial charge on any atom is -0.497 e. The van der Waals surface area contributed by atoms with Gasteiger partial charge in [-0.05, 0) is 61.9 Å². The van der Waals surface area contributed by atoms with Crippen LogP contribution < -0.4 is 10.1 Å². The van der Waals surface area contributed by atoms with Crippen LogP contribution in [0.5, 0.6) is 5.75 Å². The van der Waals surface area contributed by atoms with Gasteiger partial charge in [-0.2, -0.15) is 0 Å². The smallest absolute Gasteiger partial charge is 0.129 e. The molecule has 1 atom stereocenters. The molecule has 0 bridgehead atoms. The van der Waals surface area contributed by atoms with Crippen molar-refractivity contribution in [2.24, 2.45) is 0 Å². The number of hydrogen-bond donors (Lipinski definition) is 1. The summed E-state index contributed by atoms with van der Waals surface area (Å²) in [6.45, 7) is 1.92. The number of hydrogen-bond acceptors (Lipinski definition) is 4. The van der Waals surface area contributed by atoms with Gasteiger partial charge in [0.05, 0.1) is 7.11 Å². The lowest BCUT2D eigenvalue weighted by Gasteiger charge is -2.18. The maximum Gasteiger partial charge on any atom is 0.129 e. The van der Waals surface area contributed by atoms with E-state index in [9.17, 15) is 0 Å². The van der Waals surface area contributed by atoms with Gasteiger partial charge in [0.25, 0.3) is 0 Å². The lowest BCUT2D eigenvalue weighted by atomic mass is 10.0. The van der Waals surface area contributed by atoms with Crippen molar-refractivity contribution in [2.45, 2.75) is 38.6 Å². The van der Waals surface area contributed by atoms with Gasteiger partial charge in [0, 0.05) is 12.2 Å². The van der Waals surface area contributed by atoms with Crippen molar-refractivity contribution in [2.75, 3.05) is 12.4 Å². The largest absolute Gasteiger partial charge is 0.497 e. The second-order valence-corrected chi connectivity index (χ2v) is 5.56. The molecule has 4 heteroatoms. The van der Waals surface area contributed by atoms with Crippen molar-refractivity contribution >= 4 is 5.82 Å². The Kier molecular flexibility index (Phi) is 4.04. The summed E-state index contributed by atoms with van der Waals surface area (Å²) in [5.41, 5.74) is 2.83. The van der Waals surface area contributed by atoms with Gasteiger partial charge >= 0.3 is 0 Å². The average Bonchev–Trinajstić information content (AvgIpc) is 2.68. The standard InChI is InChI=1S/C17H21N3O/c1-12-18-9-8-17(19-12)20-15-5-3-4-13-6-7-16(21-2)11-14(13)10-15/h6-9,11,15H,3-5,10H2,1-2H3,(H,18,19,20). The first-order valence-corrected chi connectivity index (χ1v) is 7.46. The van der Waals surface area contributed by atoms with Crippen molar-refractivity contribution < 1.29 is 4.74 Å². The van der Waals surface area contributed by atoms with Gasteiger partial charge in [0.15, 0.2) is 0 Å².